The van der Waals surface area contributed by atoms with Gasteiger partial charge in [-0.2, -0.15) is 0 Å². The minimum absolute atomic E-state index is 0.133. The van der Waals surface area contributed by atoms with Crippen molar-refractivity contribution in [3.8, 4) is 11.3 Å². The van der Waals surface area contributed by atoms with Crippen LogP contribution in [0.4, 0.5) is 5.82 Å². The molecule has 0 unspecified atom stereocenters. The first-order valence-electron chi connectivity index (χ1n) is 7.67. The number of nitroso groups, excluding NO2 is 1. The van der Waals surface area contributed by atoms with Gasteiger partial charge in [-0.1, -0.05) is 44.2 Å². The highest BCUT2D eigenvalue weighted by Crippen LogP contribution is 2.32. The van der Waals surface area contributed by atoms with E-state index in [2.05, 4.69) is 36.1 Å². The number of rotatable bonds is 5. The number of aromatic nitrogens is 2. The Morgan fingerprint density at radius 1 is 1.22 bits per heavy atom. The lowest BCUT2D eigenvalue weighted by Crippen LogP contribution is -1.93. The van der Waals surface area contributed by atoms with Gasteiger partial charge in [-0.05, 0) is 29.1 Å². The summed E-state index contributed by atoms with van der Waals surface area (Å²) >= 11 is 0. The third kappa shape index (κ3) is 2.87. The number of fused-ring (bicyclic) bond motifs is 1. The van der Waals surface area contributed by atoms with Gasteiger partial charge in [-0.15, -0.1) is 4.91 Å². The van der Waals surface area contributed by atoms with E-state index >= 15 is 0 Å². The molecule has 0 radical (unpaired) electrons. The minimum atomic E-state index is -0.133. The van der Waals surface area contributed by atoms with Crippen molar-refractivity contribution in [2.24, 2.45) is 11.1 Å². The predicted molar refractivity (Wildman–Crippen MR) is 90.5 cm³/mol. The van der Waals surface area contributed by atoms with Gasteiger partial charge in [0.2, 0.25) is 5.82 Å². The molecule has 0 bridgehead atoms. The zero-order chi connectivity index (χ0) is 16.4. The Labute approximate surface area is 134 Å². The maximum Gasteiger partial charge on any atom is 0.209 e. The SMILES string of the molecule is CC(C)Cc1ccc(-c2nc3c(CO)cccn3c2N=O)cc1. The summed E-state index contributed by atoms with van der Waals surface area (Å²) in [5.74, 6) is 0.849. The maximum atomic E-state index is 11.3. The standard InChI is InChI=1S/C18H19N3O2/c1-12(2)10-13-5-7-14(8-6-13)16-18(20-23)21-9-3-4-15(11-22)17(21)19-16/h3-9,12,22H,10-11H2,1-2H3. The molecule has 1 N–H and O–H groups in total. The molecule has 2 aromatic heterocycles. The van der Waals surface area contributed by atoms with Gasteiger partial charge in [-0.3, -0.25) is 4.40 Å². The number of hydrogen-bond donors (Lipinski definition) is 1. The first-order valence-corrected chi connectivity index (χ1v) is 7.67. The number of imidazole rings is 1. The normalized spacial score (nSPS) is 11.3. The van der Waals surface area contributed by atoms with Crippen molar-refractivity contribution >= 4 is 11.5 Å². The predicted octanol–water partition coefficient (Wildman–Crippen LogP) is 4.09. The van der Waals surface area contributed by atoms with Gasteiger partial charge in [-0.25, -0.2) is 4.98 Å². The lowest BCUT2D eigenvalue weighted by molar-refractivity contribution is 0.282. The average Bonchev–Trinajstić information content (AvgIpc) is 2.93. The molecule has 5 nitrogen and oxygen atoms in total. The number of aliphatic hydroxyl groups excluding tert-OH is 1. The molecule has 3 aromatic rings. The van der Waals surface area contributed by atoms with Gasteiger partial charge < -0.3 is 5.11 Å². The van der Waals surface area contributed by atoms with Crippen LogP contribution in [0.1, 0.15) is 25.0 Å². The second kappa shape index (κ2) is 6.30. The van der Waals surface area contributed by atoms with Crippen molar-refractivity contribution in [1.29, 1.82) is 0 Å². The van der Waals surface area contributed by atoms with E-state index in [0.29, 0.717) is 22.8 Å². The Morgan fingerprint density at radius 3 is 2.57 bits per heavy atom. The van der Waals surface area contributed by atoms with Gasteiger partial charge >= 0.3 is 0 Å². The zero-order valence-electron chi connectivity index (χ0n) is 13.2. The fraction of sp³-hybridized carbons (Fsp3) is 0.278. The molecule has 0 aliphatic rings. The third-order valence-corrected chi connectivity index (χ3v) is 3.83. The third-order valence-electron chi connectivity index (χ3n) is 3.83. The highest BCUT2D eigenvalue weighted by Gasteiger charge is 2.16. The van der Waals surface area contributed by atoms with Gasteiger partial charge in [0, 0.05) is 17.3 Å². The van der Waals surface area contributed by atoms with E-state index < -0.39 is 0 Å². The molecule has 0 aliphatic carbocycles. The zero-order valence-corrected chi connectivity index (χ0v) is 13.2. The summed E-state index contributed by atoms with van der Waals surface area (Å²) in [5.41, 5.74) is 3.87. The molecule has 0 fully saturated rings. The summed E-state index contributed by atoms with van der Waals surface area (Å²) in [6.07, 6.45) is 2.74. The Morgan fingerprint density at radius 2 is 1.96 bits per heavy atom. The van der Waals surface area contributed by atoms with Crippen LogP contribution in [-0.2, 0) is 13.0 Å². The fourth-order valence-electron chi connectivity index (χ4n) is 2.79. The lowest BCUT2D eigenvalue weighted by atomic mass is 10.0. The average molecular weight is 309 g/mol. The van der Waals surface area contributed by atoms with E-state index in [0.717, 1.165) is 12.0 Å². The number of nitrogens with zero attached hydrogens (tertiary/aromatic N) is 3. The second-order valence-electron chi connectivity index (χ2n) is 6.06. The summed E-state index contributed by atoms with van der Waals surface area (Å²) in [7, 11) is 0. The van der Waals surface area contributed by atoms with Crippen LogP contribution in [0.15, 0.2) is 47.8 Å². The van der Waals surface area contributed by atoms with Crippen molar-refractivity contribution in [2.45, 2.75) is 26.9 Å². The molecular formula is C18H19N3O2. The van der Waals surface area contributed by atoms with Crippen LogP contribution in [0.25, 0.3) is 16.9 Å². The molecule has 118 valence electrons. The van der Waals surface area contributed by atoms with E-state index in [9.17, 15) is 10.0 Å². The number of aliphatic hydroxyl groups is 1. The van der Waals surface area contributed by atoms with Gasteiger partial charge in [0.1, 0.15) is 11.3 Å². The van der Waals surface area contributed by atoms with Crippen LogP contribution in [-0.4, -0.2) is 14.5 Å². The smallest absolute Gasteiger partial charge is 0.209 e. The number of pyridine rings is 1. The van der Waals surface area contributed by atoms with Crippen LogP contribution < -0.4 is 0 Å². The minimum Gasteiger partial charge on any atom is -0.392 e. The molecule has 23 heavy (non-hydrogen) atoms. The van der Waals surface area contributed by atoms with Crippen molar-refractivity contribution in [3.05, 3.63) is 58.6 Å². The van der Waals surface area contributed by atoms with E-state index in [1.165, 1.54) is 5.56 Å². The van der Waals surface area contributed by atoms with Crippen LogP contribution in [0, 0.1) is 10.8 Å². The quantitative estimate of drug-likeness (QED) is 0.722. The molecule has 0 saturated carbocycles. The molecule has 1 aromatic carbocycles. The topological polar surface area (TPSA) is 67.0 Å². The summed E-state index contributed by atoms with van der Waals surface area (Å²) in [4.78, 5) is 15.8. The lowest BCUT2D eigenvalue weighted by Gasteiger charge is -2.05. The molecule has 0 atom stereocenters. The Kier molecular flexibility index (Phi) is 4.21. The number of hydrogen-bond acceptors (Lipinski definition) is 4. The summed E-state index contributed by atoms with van der Waals surface area (Å²) in [5, 5.41) is 12.6. The largest absolute Gasteiger partial charge is 0.392 e. The molecule has 0 spiro atoms. The Balaban J connectivity index is 2.10. The van der Waals surface area contributed by atoms with Gasteiger partial charge in [0.25, 0.3) is 0 Å². The van der Waals surface area contributed by atoms with Crippen molar-refractivity contribution in [2.75, 3.05) is 0 Å². The molecule has 0 saturated heterocycles. The fourth-order valence-corrected chi connectivity index (χ4v) is 2.79. The van der Waals surface area contributed by atoms with Gasteiger partial charge in [0.05, 0.1) is 6.61 Å². The summed E-state index contributed by atoms with van der Waals surface area (Å²) in [6, 6.07) is 11.6. The molecular weight excluding hydrogens is 290 g/mol. The molecule has 3 rings (SSSR count). The van der Waals surface area contributed by atoms with E-state index in [4.69, 9.17) is 0 Å². The van der Waals surface area contributed by atoms with E-state index in [1.54, 1.807) is 22.7 Å². The highest BCUT2D eigenvalue weighted by molar-refractivity contribution is 5.75. The van der Waals surface area contributed by atoms with Gasteiger partial charge in [0.15, 0.2) is 0 Å². The Bertz CT molecular complexity index is 835. The maximum absolute atomic E-state index is 11.3. The van der Waals surface area contributed by atoms with Crippen LogP contribution in [0.5, 0.6) is 0 Å². The molecule has 0 aliphatic heterocycles. The van der Waals surface area contributed by atoms with E-state index in [1.807, 2.05) is 12.1 Å². The van der Waals surface area contributed by atoms with Crippen LogP contribution in [0.2, 0.25) is 0 Å². The summed E-state index contributed by atoms with van der Waals surface area (Å²) < 4.78 is 1.62. The van der Waals surface area contributed by atoms with Crippen LogP contribution in [0.3, 0.4) is 0 Å². The van der Waals surface area contributed by atoms with Crippen molar-refractivity contribution in [3.63, 3.8) is 0 Å². The van der Waals surface area contributed by atoms with Crippen LogP contribution >= 0.6 is 0 Å². The van der Waals surface area contributed by atoms with Crippen molar-refractivity contribution < 1.29 is 5.11 Å². The molecule has 0 amide bonds. The second-order valence-corrected chi connectivity index (χ2v) is 6.06. The Hall–Kier alpha value is -2.53. The molecule has 5 heteroatoms. The van der Waals surface area contributed by atoms with E-state index in [-0.39, 0.29) is 12.4 Å². The first kappa shape index (κ1) is 15.4. The monoisotopic (exact) mass is 309 g/mol. The summed E-state index contributed by atoms with van der Waals surface area (Å²) in [6.45, 7) is 4.23. The highest BCUT2D eigenvalue weighted by atomic mass is 16.3. The first-order chi connectivity index (χ1) is 11.1. The molecule has 2 heterocycles. The number of benzene rings is 1. The van der Waals surface area contributed by atoms with Crippen molar-refractivity contribution in [1.82, 2.24) is 9.38 Å².